The Labute approximate surface area is 149 Å². The largest absolute Gasteiger partial charge is 0.497 e. The van der Waals surface area contributed by atoms with E-state index < -0.39 is 0 Å². The van der Waals surface area contributed by atoms with Crippen LogP contribution in [-0.2, 0) is 6.54 Å². The van der Waals surface area contributed by atoms with E-state index in [1.807, 2.05) is 24.3 Å². The van der Waals surface area contributed by atoms with Crippen molar-refractivity contribution in [2.45, 2.75) is 6.54 Å². The third-order valence-electron chi connectivity index (χ3n) is 4.83. The van der Waals surface area contributed by atoms with E-state index in [-0.39, 0.29) is 0 Å². The number of hydrogen-bond donors (Lipinski definition) is 1. The zero-order valence-corrected chi connectivity index (χ0v) is 15.2. The average molecular weight is 343 g/mol. The highest BCUT2D eigenvalue weighted by molar-refractivity contribution is 5.58. The highest BCUT2D eigenvalue weighted by Crippen LogP contribution is 2.27. The number of ether oxygens (including phenoxy) is 3. The Kier molecular flexibility index (Phi) is 5.66. The molecule has 0 amide bonds. The summed E-state index contributed by atoms with van der Waals surface area (Å²) in [5.41, 5.74) is 2.41. The molecule has 0 unspecified atom stereocenters. The Bertz CT molecular complexity index is 697. The minimum Gasteiger partial charge on any atom is -0.497 e. The second kappa shape index (κ2) is 8.12. The molecule has 2 aromatic rings. The topological polar surface area (TPSA) is 35.4 Å². The molecule has 2 aromatic carbocycles. The Hall–Kier alpha value is -2.40. The summed E-state index contributed by atoms with van der Waals surface area (Å²) in [4.78, 5) is 3.97. The van der Waals surface area contributed by atoms with E-state index >= 15 is 0 Å². The highest BCUT2D eigenvalue weighted by Gasteiger charge is 2.23. The molecule has 0 aliphatic carbocycles. The van der Waals surface area contributed by atoms with Crippen molar-refractivity contribution in [3.63, 3.8) is 0 Å². The minimum atomic E-state index is 0.830. The quantitative estimate of drug-likeness (QED) is 0.865. The fourth-order valence-corrected chi connectivity index (χ4v) is 3.40. The average Bonchev–Trinajstić information content (AvgIpc) is 2.69. The van der Waals surface area contributed by atoms with Gasteiger partial charge in [0.2, 0.25) is 0 Å². The second-order valence-corrected chi connectivity index (χ2v) is 6.26. The van der Waals surface area contributed by atoms with Gasteiger partial charge in [0, 0.05) is 11.6 Å². The van der Waals surface area contributed by atoms with Gasteiger partial charge in [-0.15, -0.1) is 0 Å². The lowest BCUT2D eigenvalue weighted by Gasteiger charge is -2.34. The van der Waals surface area contributed by atoms with Crippen LogP contribution in [0.25, 0.3) is 0 Å². The Morgan fingerprint density at radius 3 is 2.28 bits per heavy atom. The maximum Gasteiger partial charge on any atom is 0.142 e. The summed E-state index contributed by atoms with van der Waals surface area (Å²) in [5.74, 6) is 2.68. The number of anilines is 1. The van der Waals surface area contributed by atoms with Gasteiger partial charge in [0.1, 0.15) is 23.8 Å². The summed E-state index contributed by atoms with van der Waals surface area (Å²) in [6, 6.07) is 14.3. The van der Waals surface area contributed by atoms with Gasteiger partial charge >= 0.3 is 0 Å². The van der Waals surface area contributed by atoms with E-state index in [0.29, 0.717) is 0 Å². The van der Waals surface area contributed by atoms with Crippen molar-refractivity contribution in [1.82, 2.24) is 0 Å². The number of hydrogen-bond acceptors (Lipinski definition) is 4. The first-order chi connectivity index (χ1) is 12.2. The fourth-order valence-electron chi connectivity index (χ4n) is 3.40. The van der Waals surface area contributed by atoms with Crippen molar-refractivity contribution in [2.24, 2.45) is 0 Å². The van der Waals surface area contributed by atoms with Crippen molar-refractivity contribution in [1.29, 1.82) is 0 Å². The molecule has 1 aliphatic heterocycles. The highest BCUT2D eigenvalue weighted by atomic mass is 16.5. The van der Waals surface area contributed by atoms with Crippen molar-refractivity contribution in [3.05, 3.63) is 48.0 Å². The van der Waals surface area contributed by atoms with Gasteiger partial charge in [0.25, 0.3) is 0 Å². The van der Waals surface area contributed by atoms with Crippen molar-refractivity contribution in [2.75, 3.05) is 52.4 Å². The first-order valence-corrected chi connectivity index (χ1v) is 8.67. The van der Waals surface area contributed by atoms with Crippen molar-refractivity contribution >= 4 is 5.69 Å². The molecular weight excluding hydrogens is 316 g/mol. The van der Waals surface area contributed by atoms with Gasteiger partial charge in [-0.05, 0) is 24.3 Å². The maximum atomic E-state index is 5.53. The number of methoxy groups -OCH3 is 3. The standard InChI is InChI=1S/C20H26N2O3/c1-23-17-9-8-16(20(14-17)25-3)15-21-10-12-22(13-11-21)18-6-4-5-7-19(18)24-2/h4-9,14H,10-13,15H2,1-3H3/p+1. The lowest BCUT2D eigenvalue weighted by atomic mass is 10.1. The maximum absolute atomic E-state index is 5.53. The van der Waals surface area contributed by atoms with Crippen molar-refractivity contribution in [3.8, 4) is 17.2 Å². The molecule has 0 aromatic heterocycles. The molecule has 1 N–H and O–H groups in total. The van der Waals surface area contributed by atoms with Gasteiger partial charge in [-0.1, -0.05) is 12.1 Å². The number of nitrogens with zero attached hydrogens (tertiary/aromatic N) is 1. The Morgan fingerprint density at radius 2 is 1.60 bits per heavy atom. The van der Waals surface area contributed by atoms with Gasteiger partial charge in [-0.2, -0.15) is 0 Å². The van der Waals surface area contributed by atoms with Crippen LogP contribution in [0.2, 0.25) is 0 Å². The van der Waals surface area contributed by atoms with Crippen LogP contribution in [0.4, 0.5) is 5.69 Å². The molecule has 25 heavy (non-hydrogen) atoms. The van der Waals surface area contributed by atoms with Crippen LogP contribution in [0.15, 0.2) is 42.5 Å². The summed E-state index contributed by atoms with van der Waals surface area (Å²) in [5, 5.41) is 0. The normalized spacial score (nSPS) is 15.1. The molecule has 1 saturated heterocycles. The van der Waals surface area contributed by atoms with Crippen LogP contribution in [0, 0.1) is 0 Å². The zero-order chi connectivity index (χ0) is 17.6. The van der Waals surface area contributed by atoms with E-state index in [0.717, 1.165) is 50.0 Å². The molecule has 3 rings (SSSR count). The van der Waals surface area contributed by atoms with E-state index in [2.05, 4.69) is 23.1 Å². The van der Waals surface area contributed by atoms with Crippen LogP contribution in [0.1, 0.15) is 5.56 Å². The van der Waals surface area contributed by atoms with Gasteiger partial charge in [0.05, 0.1) is 53.2 Å². The molecule has 5 heteroatoms. The summed E-state index contributed by atoms with van der Waals surface area (Å²) in [6.07, 6.45) is 0. The molecule has 0 atom stereocenters. The number of piperazine rings is 1. The summed E-state index contributed by atoms with van der Waals surface area (Å²) in [7, 11) is 5.13. The van der Waals surface area contributed by atoms with Crippen LogP contribution >= 0.6 is 0 Å². The third kappa shape index (κ3) is 3.99. The van der Waals surface area contributed by atoms with E-state index in [9.17, 15) is 0 Å². The molecule has 0 saturated carbocycles. The van der Waals surface area contributed by atoms with Gasteiger partial charge < -0.3 is 24.0 Å². The molecule has 0 bridgehead atoms. The number of quaternary nitrogens is 1. The molecule has 1 aliphatic rings. The SMILES string of the molecule is COc1ccc(C[NH+]2CCN(c3ccccc3OC)CC2)c(OC)c1. The zero-order valence-electron chi connectivity index (χ0n) is 15.2. The van der Waals surface area contributed by atoms with Gasteiger partial charge in [-0.3, -0.25) is 0 Å². The molecule has 0 radical (unpaired) electrons. The molecule has 134 valence electrons. The molecule has 5 nitrogen and oxygen atoms in total. The van der Waals surface area contributed by atoms with E-state index in [1.165, 1.54) is 11.3 Å². The third-order valence-corrected chi connectivity index (χ3v) is 4.83. The van der Waals surface area contributed by atoms with Gasteiger partial charge in [0.15, 0.2) is 0 Å². The predicted octanol–water partition coefficient (Wildman–Crippen LogP) is 1.62. The number of nitrogens with one attached hydrogen (secondary N) is 1. The Morgan fingerprint density at radius 1 is 0.880 bits per heavy atom. The number of rotatable bonds is 6. The van der Waals surface area contributed by atoms with E-state index in [4.69, 9.17) is 14.2 Å². The van der Waals surface area contributed by atoms with Crippen LogP contribution in [-0.4, -0.2) is 47.5 Å². The molecule has 1 heterocycles. The number of para-hydroxylation sites is 2. The lowest BCUT2D eigenvalue weighted by Crippen LogP contribution is -3.13. The fraction of sp³-hybridized carbons (Fsp3) is 0.400. The monoisotopic (exact) mass is 343 g/mol. The van der Waals surface area contributed by atoms with E-state index in [1.54, 1.807) is 26.2 Å². The van der Waals surface area contributed by atoms with Gasteiger partial charge in [-0.25, -0.2) is 0 Å². The van der Waals surface area contributed by atoms with Crippen LogP contribution in [0.5, 0.6) is 17.2 Å². The van der Waals surface area contributed by atoms with Crippen molar-refractivity contribution < 1.29 is 19.1 Å². The Balaban J connectivity index is 1.63. The summed E-state index contributed by atoms with van der Waals surface area (Å²) >= 11 is 0. The number of benzene rings is 2. The van der Waals surface area contributed by atoms with Crippen LogP contribution in [0.3, 0.4) is 0 Å². The van der Waals surface area contributed by atoms with Crippen LogP contribution < -0.4 is 24.0 Å². The minimum absolute atomic E-state index is 0.830. The first-order valence-electron chi connectivity index (χ1n) is 8.67. The first kappa shape index (κ1) is 17.4. The molecular formula is C20H27N2O3+. The molecule has 0 spiro atoms. The smallest absolute Gasteiger partial charge is 0.142 e. The predicted molar refractivity (Wildman–Crippen MR) is 99.2 cm³/mol. The summed E-state index contributed by atoms with van der Waals surface area (Å²) in [6.45, 7) is 5.19. The molecule has 1 fully saturated rings. The lowest BCUT2D eigenvalue weighted by molar-refractivity contribution is -0.914. The summed E-state index contributed by atoms with van der Waals surface area (Å²) < 4.78 is 16.3. The second-order valence-electron chi connectivity index (χ2n) is 6.26.